The zero-order valence-corrected chi connectivity index (χ0v) is 13.5. The largest absolute Gasteiger partial charge is 0.465 e. The Morgan fingerprint density at radius 2 is 1.53 bits per heavy atom. The Morgan fingerprint density at radius 1 is 0.947 bits per heavy atom. The molecule has 0 N–H and O–H groups in total. The Kier molecular flexibility index (Phi) is 12.2. The van der Waals surface area contributed by atoms with Gasteiger partial charge in [-0.15, -0.1) is 0 Å². The molecule has 0 aromatic heterocycles. The lowest BCUT2D eigenvalue weighted by Crippen LogP contribution is -2.19. The van der Waals surface area contributed by atoms with E-state index in [1.165, 1.54) is 44.9 Å². The lowest BCUT2D eigenvalue weighted by Gasteiger charge is -2.15. The lowest BCUT2D eigenvalue weighted by atomic mass is 9.98. The first-order chi connectivity index (χ1) is 9.11. The molecule has 0 fully saturated rings. The van der Waals surface area contributed by atoms with Gasteiger partial charge in [0.1, 0.15) is 0 Å². The van der Waals surface area contributed by atoms with Gasteiger partial charge in [0, 0.05) is 0 Å². The van der Waals surface area contributed by atoms with Crippen LogP contribution in [0.5, 0.6) is 0 Å². The predicted molar refractivity (Wildman–Crippen MR) is 82.2 cm³/mol. The predicted octanol–water partition coefficient (Wildman–Crippen LogP) is 5.35. The highest BCUT2D eigenvalue weighted by Crippen LogP contribution is 2.17. The molecule has 0 aliphatic carbocycles. The molecule has 0 amide bonds. The van der Waals surface area contributed by atoms with E-state index in [1.54, 1.807) is 0 Å². The summed E-state index contributed by atoms with van der Waals surface area (Å²) in [5.41, 5.74) is 0. The average molecular weight is 270 g/mol. The summed E-state index contributed by atoms with van der Waals surface area (Å²) in [7, 11) is 0. The molecule has 0 aromatic carbocycles. The molecule has 114 valence electrons. The number of carbonyl (C=O) groups excluding carboxylic acids is 1. The van der Waals surface area contributed by atoms with Crippen molar-refractivity contribution in [2.45, 2.75) is 85.5 Å². The van der Waals surface area contributed by atoms with E-state index < -0.39 is 0 Å². The second-order valence-electron chi connectivity index (χ2n) is 6.04. The van der Waals surface area contributed by atoms with Gasteiger partial charge in [-0.1, -0.05) is 72.6 Å². The Balaban J connectivity index is 3.60. The van der Waals surface area contributed by atoms with Crippen molar-refractivity contribution in [1.29, 1.82) is 0 Å². The Morgan fingerprint density at radius 3 is 2.05 bits per heavy atom. The van der Waals surface area contributed by atoms with E-state index in [0.717, 1.165) is 12.8 Å². The second-order valence-corrected chi connectivity index (χ2v) is 6.04. The summed E-state index contributed by atoms with van der Waals surface area (Å²) in [5.74, 6) is 0.566. The molecular weight excluding hydrogens is 236 g/mol. The molecule has 0 radical (unpaired) electrons. The molecule has 0 bridgehead atoms. The van der Waals surface area contributed by atoms with Crippen LogP contribution in [0, 0.1) is 11.8 Å². The van der Waals surface area contributed by atoms with Gasteiger partial charge < -0.3 is 4.74 Å². The quantitative estimate of drug-likeness (QED) is 0.353. The molecular formula is C17H34O2. The number of ether oxygens (including phenoxy) is 1. The third-order valence-corrected chi connectivity index (χ3v) is 3.54. The molecule has 0 aromatic rings. The summed E-state index contributed by atoms with van der Waals surface area (Å²) in [4.78, 5) is 11.9. The normalized spacial score (nSPS) is 12.7. The van der Waals surface area contributed by atoms with Crippen LogP contribution in [-0.2, 0) is 9.53 Å². The highest BCUT2D eigenvalue weighted by molar-refractivity contribution is 5.72. The van der Waals surface area contributed by atoms with Crippen molar-refractivity contribution >= 4 is 5.97 Å². The molecule has 2 heteroatoms. The average Bonchev–Trinajstić information content (AvgIpc) is 2.39. The maximum atomic E-state index is 11.9. The molecule has 0 saturated heterocycles. The Labute approximate surface area is 120 Å². The van der Waals surface area contributed by atoms with Gasteiger partial charge in [0.15, 0.2) is 0 Å². The van der Waals surface area contributed by atoms with Crippen LogP contribution in [0.4, 0.5) is 0 Å². The molecule has 1 atom stereocenters. The van der Waals surface area contributed by atoms with Crippen LogP contribution in [0.1, 0.15) is 85.5 Å². The van der Waals surface area contributed by atoms with E-state index in [4.69, 9.17) is 4.74 Å². The van der Waals surface area contributed by atoms with Crippen LogP contribution in [0.3, 0.4) is 0 Å². The number of hydrogen-bond acceptors (Lipinski definition) is 2. The molecule has 2 nitrogen and oxygen atoms in total. The fourth-order valence-electron chi connectivity index (χ4n) is 2.20. The van der Waals surface area contributed by atoms with E-state index in [9.17, 15) is 4.79 Å². The third-order valence-electron chi connectivity index (χ3n) is 3.54. The van der Waals surface area contributed by atoms with Crippen molar-refractivity contribution in [3.8, 4) is 0 Å². The fraction of sp³-hybridized carbons (Fsp3) is 0.941. The lowest BCUT2D eigenvalue weighted by molar-refractivity contribution is -0.150. The van der Waals surface area contributed by atoms with Crippen molar-refractivity contribution in [2.75, 3.05) is 6.61 Å². The van der Waals surface area contributed by atoms with Crippen LogP contribution in [0.2, 0.25) is 0 Å². The Bertz CT molecular complexity index is 211. The van der Waals surface area contributed by atoms with Crippen molar-refractivity contribution in [3.63, 3.8) is 0 Å². The minimum atomic E-state index is 0.0159. The fourth-order valence-corrected chi connectivity index (χ4v) is 2.20. The first kappa shape index (κ1) is 18.5. The molecule has 0 aliphatic rings. The van der Waals surface area contributed by atoms with Crippen molar-refractivity contribution < 1.29 is 9.53 Å². The summed E-state index contributed by atoms with van der Waals surface area (Å²) in [5, 5.41) is 0. The number of esters is 1. The van der Waals surface area contributed by atoms with Gasteiger partial charge in [-0.2, -0.15) is 0 Å². The molecule has 0 aliphatic heterocycles. The molecule has 1 unspecified atom stereocenters. The van der Waals surface area contributed by atoms with Gasteiger partial charge in [0.25, 0.3) is 0 Å². The van der Waals surface area contributed by atoms with E-state index in [-0.39, 0.29) is 11.9 Å². The van der Waals surface area contributed by atoms with Crippen molar-refractivity contribution in [2.24, 2.45) is 11.8 Å². The van der Waals surface area contributed by atoms with Crippen LogP contribution in [-0.4, -0.2) is 12.6 Å². The minimum Gasteiger partial charge on any atom is -0.465 e. The summed E-state index contributed by atoms with van der Waals surface area (Å²) in [6.45, 7) is 9.04. The van der Waals surface area contributed by atoms with Crippen LogP contribution in [0.25, 0.3) is 0 Å². The first-order valence-electron chi connectivity index (χ1n) is 8.28. The minimum absolute atomic E-state index is 0.0159. The molecule has 0 heterocycles. The van der Waals surface area contributed by atoms with Gasteiger partial charge in [-0.05, 0) is 18.8 Å². The van der Waals surface area contributed by atoms with Gasteiger partial charge >= 0.3 is 5.97 Å². The zero-order valence-electron chi connectivity index (χ0n) is 13.5. The monoisotopic (exact) mass is 270 g/mol. The maximum Gasteiger partial charge on any atom is 0.308 e. The van der Waals surface area contributed by atoms with E-state index in [0.29, 0.717) is 12.5 Å². The summed E-state index contributed by atoms with van der Waals surface area (Å²) >= 11 is 0. The van der Waals surface area contributed by atoms with Crippen molar-refractivity contribution in [3.05, 3.63) is 0 Å². The number of carbonyl (C=O) groups is 1. The summed E-state index contributed by atoms with van der Waals surface area (Å²) < 4.78 is 5.33. The SMILES string of the molecule is CCCCCCCCCC(CC)C(=O)OCC(C)C. The second kappa shape index (κ2) is 12.5. The van der Waals surface area contributed by atoms with Gasteiger partial charge in [-0.25, -0.2) is 0 Å². The van der Waals surface area contributed by atoms with Crippen LogP contribution >= 0.6 is 0 Å². The van der Waals surface area contributed by atoms with E-state index in [2.05, 4.69) is 27.7 Å². The molecule has 0 rings (SSSR count). The highest BCUT2D eigenvalue weighted by atomic mass is 16.5. The van der Waals surface area contributed by atoms with E-state index in [1.807, 2.05) is 0 Å². The van der Waals surface area contributed by atoms with Crippen LogP contribution < -0.4 is 0 Å². The Hall–Kier alpha value is -0.530. The van der Waals surface area contributed by atoms with Crippen molar-refractivity contribution in [1.82, 2.24) is 0 Å². The van der Waals surface area contributed by atoms with Gasteiger partial charge in [0.05, 0.1) is 12.5 Å². The zero-order chi connectivity index (χ0) is 14.5. The van der Waals surface area contributed by atoms with Gasteiger partial charge in [-0.3, -0.25) is 4.79 Å². The van der Waals surface area contributed by atoms with Gasteiger partial charge in [0.2, 0.25) is 0 Å². The molecule has 0 saturated carbocycles. The molecule has 0 spiro atoms. The summed E-state index contributed by atoms with van der Waals surface area (Å²) in [6, 6.07) is 0. The number of rotatable bonds is 12. The standard InChI is InChI=1S/C17H34O2/c1-5-7-8-9-10-11-12-13-16(6-2)17(18)19-14-15(3)4/h15-16H,5-14H2,1-4H3. The van der Waals surface area contributed by atoms with E-state index >= 15 is 0 Å². The number of unbranched alkanes of at least 4 members (excludes halogenated alkanes) is 6. The summed E-state index contributed by atoms with van der Waals surface area (Å²) in [6.07, 6.45) is 11.0. The first-order valence-corrected chi connectivity index (χ1v) is 8.28. The maximum absolute atomic E-state index is 11.9. The van der Waals surface area contributed by atoms with Crippen LogP contribution in [0.15, 0.2) is 0 Å². The third kappa shape index (κ3) is 11.0. The molecule has 19 heavy (non-hydrogen) atoms. The highest BCUT2D eigenvalue weighted by Gasteiger charge is 2.17. The topological polar surface area (TPSA) is 26.3 Å². The number of hydrogen-bond donors (Lipinski definition) is 0. The smallest absolute Gasteiger partial charge is 0.308 e.